The fourth-order valence-corrected chi connectivity index (χ4v) is 5.03. The number of nitrogen functional groups attached to an aromatic ring is 1. The summed E-state index contributed by atoms with van der Waals surface area (Å²) in [7, 11) is 0. The van der Waals surface area contributed by atoms with E-state index in [0.717, 1.165) is 42.2 Å². The molecule has 28 heavy (non-hydrogen) atoms. The first-order valence-corrected chi connectivity index (χ1v) is 10.2. The molecule has 0 fully saturated rings. The van der Waals surface area contributed by atoms with E-state index in [4.69, 9.17) is 5.73 Å². The second kappa shape index (κ2) is 7.43. The van der Waals surface area contributed by atoms with Crippen LogP contribution in [0.3, 0.4) is 0 Å². The smallest absolute Gasteiger partial charge is 0.390 e. The molecule has 1 heterocycles. The molecule has 3 nitrogen and oxygen atoms in total. The average Bonchev–Trinajstić information content (AvgIpc) is 2.96. The Bertz CT molecular complexity index is 886. The van der Waals surface area contributed by atoms with Crippen LogP contribution < -0.4 is 11.1 Å². The molecule has 1 aromatic heterocycles. The third-order valence-corrected chi connectivity index (χ3v) is 7.10. The number of anilines is 2. The van der Waals surface area contributed by atoms with Crippen molar-refractivity contribution in [1.29, 1.82) is 0 Å². The highest BCUT2D eigenvalue weighted by molar-refractivity contribution is 7.16. The largest absolute Gasteiger partial charge is 0.418 e. The van der Waals surface area contributed by atoms with Crippen LogP contribution in [-0.4, -0.2) is 5.91 Å². The zero-order chi connectivity index (χ0) is 20.7. The van der Waals surface area contributed by atoms with E-state index in [2.05, 4.69) is 26.1 Å². The van der Waals surface area contributed by atoms with Gasteiger partial charge in [0.2, 0.25) is 0 Å². The van der Waals surface area contributed by atoms with Crippen LogP contribution in [0.5, 0.6) is 0 Å². The van der Waals surface area contributed by atoms with Gasteiger partial charge in [-0.15, -0.1) is 11.3 Å². The van der Waals surface area contributed by atoms with E-state index in [1.54, 1.807) is 0 Å². The van der Waals surface area contributed by atoms with Crippen molar-refractivity contribution in [3.63, 3.8) is 0 Å². The Kier molecular flexibility index (Phi) is 5.49. The number of thiophene rings is 1. The normalized spacial score (nSPS) is 17.3. The molecule has 2 aromatic rings. The van der Waals surface area contributed by atoms with Crippen molar-refractivity contribution in [3.8, 4) is 0 Å². The van der Waals surface area contributed by atoms with Crippen molar-refractivity contribution in [2.45, 2.75) is 52.6 Å². The van der Waals surface area contributed by atoms with Crippen LogP contribution in [0.2, 0.25) is 0 Å². The summed E-state index contributed by atoms with van der Waals surface area (Å²) in [4.78, 5) is 13.9. The van der Waals surface area contributed by atoms with Crippen LogP contribution in [0, 0.1) is 11.3 Å². The number of hydrogen-bond acceptors (Lipinski definition) is 3. The lowest BCUT2D eigenvalue weighted by Crippen LogP contribution is -2.29. The number of benzene rings is 1. The number of carbonyl (C=O) groups is 1. The molecule has 0 aliphatic heterocycles. The molecule has 0 bridgehead atoms. The molecule has 1 aliphatic rings. The zero-order valence-electron chi connectivity index (χ0n) is 16.2. The Labute approximate surface area is 167 Å². The number of para-hydroxylation sites is 1. The Morgan fingerprint density at radius 3 is 2.61 bits per heavy atom. The molecule has 1 aromatic carbocycles. The maximum Gasteiger partial charge on any atom is 0.418 e. The highest BCUT2D eigenvalue weighted by Crippen LogP contribution is 2.45. The SMILES string of the molecule is CCC(C)(C)[C@H]1CCc2c(sc(N)c2C(=O)Nc2ccccc2C(F)(F)F)C1. The molecule has 1 amide bonds. The van der Waals surface area contributed by atoms with Gasteiger partial charge in [0.05, 0.1) is 21.8 Å². The number of nitrogens with one attached hydrogen (secondary N) is 1. The maximum absolute atomic E-state index is 13.2. The van der Waals surface area contributed by atoms with Crippen LogP contribution in [0.25, 0.3) is 0 Å². The summed E-state index contributed by atoms with van der Waals surface area (Å²) >= 11 is 1.39. The van der Waals surface area contributed by atoms with Crippen molar-refractivity contribution in [2.75, 3.05) is 11.1 Å². The number of carbonyl (C=O) groups excluding carboxylic acids is 1. The van der Waals surface area contributed by atoms with E-state index >= 15 is 0 Å². The lowest BCUT2D eigenvalue weighted by Gasteiger charge is -2.36. The molecule has 0 unspecified atom stereocenters. The second-order valence-corrected chi connectivity index (χ2v) is 9.16. The molecular weight excluding hydrogens is 385 g/mol. The summed E-state index contributed by atoms with van der Waals surface area (Å²) in [6, 6.07) is 4.98. The predicted octanol–water partition coefficient (Wildman–Crippen LogP) is 6.14. The minimum atomic E-state index is -4.54. The van der Waals surface area contributed by atoms with Crippen LogP contribution >= 0.6 is 11.3 Å². The van der Waals surface area contributed by atoms with Crippen LogP contribution in [0.1, 0.15) is 60.0 Å². The summed E-state index contributed by atoms with van der Waals surface area (Å²) in [5.41, 5.74) is 6.44. The summed E-state index contributed by atoms with van der Waals surface area (Å²) in [6.07, 6.45) is -0.945. The first-order valence-electron chi connectivity index (χ1n) is 9.42. The molecule has 0 radical (unpaired) electrons. The van der Waals surface area contributed by atoms with Crippen LogP contribution in [-0.2, 0) is 19.0 Å². The van der Waals surface area contributed by atoms with Gasteiger partial charge in [-0.3, -0.25) is 4.79 Å². The molecule has 0 saturated heterocycles. The molecule has 152 valence electrons. The van der Waals surface area contributed by atoms with Gasteiger partial charge in [0.25, 0.3) is 5.91 Å². The minimum Gasteiger partial charge on any atom is -0.390 e. The summed E-state index contributed by atoms with van der Waals surface area (Å²) in [6.45, 7) is 6.68. The first kappa shape index (κ1) is 20.7. The fourth-order valence-electron chi connectivity index (χ4n) is 3.84. The van der Waals surface area contributed by atoms with Gasteiger partial charge >= 0.3 is 6.18 Å². The van der Waals surface area contributed by atoms with Gasteiger partial charge in [0.15, 0.2) is 0 Å². The van der Waals surface area contributed by atoms with Crippen molar-refractivity contribution in [3.05, 3.63) is 45.8 Å². The lowest BCUT2D eigenvalue weighted by molar-refractivity contribution is -0.136. The lowest BCUT2D eigenvalue weighted by atomic mass is 9.69. The molecule has 0 saturated carbocycles. The summed E-state index contributed by atoms with van der Waals surface area (Å²) in [5, 5.41) is 2.81. The first-order chi connectivity index (χ1) is 13.0. The number of nitrogens with two attached hydrogens (primary N) is 1. The number of amides is 1. The van der Waals surface area contributed by atoms with Gasteiger partial charge in [0, 0.05) is 4.88 Å². The Balaban J connectivity index is 1.88. The maximum atomic E-state index is 13.2. The van der Waals surface area contributed by atoms with Crippen molar-refractivity contribution in [2.24, 2.45) is 11.3 Å². The zero-order valence-corrected chi connectivity index (χ0v) is 17.1. The minimum absolute atomic E-state index is 0.199. The molecule has 3 N–H and O–H groups in total. The summed E-state index contributed by atoms with van der Waals surface area (Å²) < 4.78 is 39.6. The number of fused-ring (bicyclic) bond motifs is 1. The van der Waals surface area contributed by atoms with E-state index < -0.39 is 17.6 Å². The third-order valence-electron chi connectivity index (χ3n) is 6.02. The molecule has 0 spiro atoms. The van der Waals surface area contributed by atoms with E-state index in [-0.39, 0.29) is 11.1 Å². The van der Waals surface area contributed by atoms with E-state index in [0.29, 0.717) is 16.5 Å². The highest BCUT2D eigenvalue weighted by Gasteiger charge is 2.36. The van der Waals surface area contributed by atoms with Crippen LogP contribution in [0.15, 0.2) is 24.3 Å². The Hall–Kier alpha value is -2.02. The average molecular weight is 411 g/mol. The molecule has 1 aliphatic carbocycles. The Morgan fingerprint density at radius 1 is 1.29 bits per heavy atom. The highest BCUT2D eigenvalue weighted by atomic mass is 32.1. The molecule has 1 atom stereocenters. The predicted molar refractivity (Wildman–Crippen MR) is 108 cm³/mol. The Morgan fingerprint density at radius 2 is 1.96 bits per heavy atom. The van der Waals surface area contributed by atoms with Gasteiger partial charge in [0.1, 0.15) is 0 Å². The number of hydrogen-bond donors (Lipinski definition) is 2. The fraction of sp³-hybridized carbons (Fsp3) is 0.476. The van der Waals surface area contributed by atoms with Gasteiger partial charge in [-0.2, -0.15) is 13.2 Å². The molecular formula is C21H25F3N2OS. The third kappa shape index (κ3) is 3.90. The van der Waals surface area contributed by atoms with Crippen molar-refractivity contribution in [1.82, 2.24) is 0 Å². The monoisotopic (exact) mass is 410 g/mol. The number of rotatable bonds is 4. The van der Waals surface area contributed by atoms with E-state index in [1.165, 1.54) is 29.5 Å². The molecule has 3 rings (SSSR count). The summed E-state index contributed by atoms with van der Waals surface area (Å²) in [5.74, 6) is -0.0650. The standard InChI is InChI=1S/C21H25F3N2OS/c1-4-20(2,3)12-9-10-13-16(11-12)28-18(25)17(13)19(27)26-15-8-6-5-7-14(15)21(22,23)24/h5-8,12H,4,9-11,25H2,1-3H3,(H,26,27)/t12-/m0/s1. The van der Waals surface area contributed by atoms with Gasteiger partial charge in [-0.25, -0.2) is 0 Å². The van der Waals surface area contributed by atoms with Crippen LogP contribution in [0.4, 0.5) is 23.9 Å². The number of alkyl halides is 3. The topological polar surface area (TPSA) is 55.1 Å². The van der Waals surface area contributed by atoms with Crippen molar-refractivity contribution >= 4 is 27.9 Å². The van der Waals surface area contributed by atoms with E-state index in [1.807, 2.05) is 0 Å². The van der Waals surface area contributed by atoms with Gasteiger partial charge < -0.3 is 11.1 Å². The molecule has 7 heteroatoms. The number of halogens is 3. The quantitative estimate of drug-likeness (QED) is 0.636. The second-order valence-electron chi connectivity index (χ2n) is 8.02. The van der Waals surface area contributed by atoms with Crippen molar-refractivity contribution < 1.29 is 18.0 Å². The van der Waals surface area contributed by atoms with E-state index in [9.17, 15) is 18.0 Å². The van der Waals surface area contributed by atoms with Gasteiger partial charge in [-0.05, 0) is 48.3 Å². The van der Waals surface area contributed by atoms with Gasteiger partial charge in [-0.1, -0.05) is 39.3 Å².